The molecule has 0 saturated carbocycles. The van der Waals surface area contributed by atoms with Crippen molar-refractivity contribution in [1.82, 2.24) is 4.90 Å². The zero-order chi connectivity index (χ0) is 14.4. The van der Waals surface area contributed by atoms with E-state index in [9.17, 15) is 9.90 Å². The van der Waals surface area contributed by atoms with E-state index < -0.39 is 0 Å². The summed E-state index contributed by atoms with van der Waals surface area (Å²) < 4.78 is 15.8. The van der Waals surface area contributed by atoms with Crippen LogP contribution in [-0.2, 0) is 16.1 Å². The summed E-state index contributed by atoms with van der Waals surface area (Å²) in [5, 5.41) is 9.26. The molecular formula is C14H19NO5. The van der Waals surface area contributed by atoms with Crippen LogP contribution in [-0.4, -0.2) is 55.9 Å². The molecule has 1 aromatic carbocycles. The Labute approximate surface area is 117 Å². The SMILES string of the molecule is COc1ccc(CO)c(OCC(=O)N2CCOCC2)c1. The topological polar surface area (TPSA) is 68.2 Å². The highest BCUT2D eigenvalue weighted by Crippen LogP contribution is 2.24. The average Bonchev–Trinajstić information content (AvgIpc) is 2.53. The molecule has 6 heteroatoms. The van der Waals surface area contributed by atoms with E-state index in [0.29, 0.717) is 43.4 Å². The van der Waals surface area contributed by atoms with Crippen LogP contribution in [0, 0.1) is 0 Å². The van der Waals surface area contributed by atoms with Crippen molar-refractivity contribution in [3.63, 3.8) is 0 Å². The Kier molecular flexibility index (Phi) is 5.20. The van der Waals surface area contributed by atoms with Gasteiger partial charge in [-0.2, -0.15) is 0 Å². The number of carbonyl (C=O) groups excluding carboxylic acids is 1. The summed E-state index contributed by atoms with van der Waals surface area (Å²) in [6.45, 7) is 2.10. The fourth-order valence-corrected chi connectivity index (χ4v) is 1.97. The van der Waals surface area contributed by atoms with Gasteiger partial charge in [0.25, 0.3) is 5.91 Å². The van der Waals surface area contributed by atoms with Gasteiger partial charge >= 0.3 is 0 Å². The summed E-state index contributed by atoms with van der Waals surface area (Å²) in [4.78, 5) is 13.7. The number of carbonyl (C=O) groups is 1. The molecule has 1 aliphatic heterocycles. The number of nitrogens with zero attached hydrogens (tertiary/aromatic N) is 1. The Morgan fingerprint density at radius 2 is 2.15 bits per heavy atom. The van der Waals surface area contributed by atoms with Crippen molar-refractivity contribution in [2.24, 2.45) is 0 Å². The maximum atomic E-state index is 12.0. The van der Waals surface area contributed by atoms with E-state index in [0.717, 1.165) is 0 Å². The van der Waals surface area contributed by atoms with Crippen LogP contribution in [0.2, 0.25) is 0 Å². The van der Waals surface area contributed by atoms with Gasteiger partial charge in [0.15, 0.2) is 6.61 Å². The van der Waals surface area contributed by atoms with Crippen LogP contribution in [0.25, 0.3) is 0 Å². The van der Waals surface area contributed by atoms with Gasteiger partial charge in [-0.05, 0) is 12.1 Å². The number of morpholine rings is 1. The molecule has 1 aromatic rings. The van der Waals surface area contributed by atoms with E-state index in [1.807, 2.05) is 0 Å². The zero-order valence-corrected chi connectivity index (χ0v) is 11.5. The lowest BCUT2D eigenvalue weighted by atomic mass is 10.2. The van der Waals surface area contributed by atoms with Crippen molar-refractivity contribution in [1.29, 1.82) is 0 Å². The minimum absolute atomic E-state index is 0.0554. The summed E-state index contributed by atoms with van der Waals surface area (Å²) in [5.74, 6) is 1.00. The van der Waals surface area contributed by atoms with Crippen LogP contribution in [0.15, 0.2) is 18.2 Å². The second-order valence-corrected chi connectivity index (χ2v) is 4.41. The van der Waals surface area contributed by atoms with Crippen LogP contribution in [0.4, 0.5) is 0 Å². The van der Waals surface area contributed by atoms with E-state index in [1.54, 1.807) is 30.2 Å². The molecule has 2 rings (SSSR count). The predicted octanol–water partition coefficient (Wildman–Crippen LogP) is 0.425. The first-order valence-electron chi connectivity index (χ1n) is 6.50. The molecule has 1 aliphatic rings. The highest BCUT2D eigenvalue weighted by atomic mass is 16.5. The Hall–Kier alpha value is -1.79. The molecule has 1 amide bonds. The molecule has 6 nitrogen and oxygen atoms in total. The van der Waals surface area contributed by atoms with Gasteiger partial charge in [0.1, 0.15) is 11.5 Å². The number of benzene rings is 1. The summed E-state index contributed by atoms with van der Waals surface area (Å²) in [5.41, 5.74) is 0.626. The van der Waals surface area contributed by atoms with Crippen molar-refractivity contribution in [3.8, 4) is 11.5 Å². The van der Waals surface area contributed by atoms with E-state index in [4.69, 9.17) is 14.2 Å². The molecule has 110 valence electrons. The van der Waals surface area contributed by atoms with E-state index in [1.165, 1.54) is 0 Å². The fourth-order valence-electron chi connectivity index (χ4n) is 1.97. The number of amides is 1. The molecule has 0 aliphatic carbocycles. The lowest BCUT2D eigenvalue weighted by molar-refractivity contribution is -0.137. The highest BCUT2D eigenvalue weighted by Gasteiger charge is 2.17. The summed E-state index contributed by atoms with van der Waals surface area (Å²) in [6, 6.07) is 5.12. The number of aliphatic hydroxyl groups excluding tert-OH is 1. The Morgan fingerprint density at radius 1 is 1.40 bits per heavy atom. The van der Waals surface area contributed by atoms with Crippen LogP contribution >= 0.6 is 0 Å². The first kappa shape index (κ1) is 14.6. The van der Waals surface area contributed by atoms with Crippen LogP contribution < -0.4 is 9.47 Å². The summed E-state index contributed by atoms with van der Waals surface area (Å²) in [6.07, 6.45) is 0. The van der Waals surface area contributed by atoms with Crippen LogP contribution in [0.3, 0.4) is 0 Å². The smallest absolute Gasteiger partial charge is 0.260 e. The van der Waals surface area contributed by atoms with Gasteiger partial charge in [-0.1, -0.05) is 0 Å². The minimum Gasteiger partial charge on any atom is -0.497 e. The van der Waals surface area contributed by atoms with Gasteiger partial charge in [0.05, 0.1) is 26.9 Å². The largest absolute Gasteiger partial charge is 0.497 e. The molecule has 1 heterocycles. The number of hydrogen-bond acceptors (Lipinski definition) is 5. The molecule has 20 heavy (non-hydrogen) atoms. The molecule has 1 fully saturated rings. The fraction of sp³-hybridized carbons (Fsp3) is 0.500. The minimum atomic E-state index is -0.148. The Balaban J connectivity index is 1.96. The lowest BCUT2D eigenvalue weighted by Gasteiger charge is -2.26. The Morgan fingerprint density at radius 3 is 2.80 bits per heavy atom. The van der Waals surface area contributed by atoms with Gasteiger partial charge < -0.3 is 24.2 Å². The van der Waals surface area contributed by atoms with Crippen LogP contribution in [0.5, 0.6) is 11.5 Å². The third kappa shape index (κ3) is 3.61. The van der Waals surface area contributed by atoms with Crippen LogP contribution in [0.1, 0.15) is 5.56 Å². The van der Waals surface area contributed by atoms with Crippen molar-refractivity contribution in [2.45, 2.75) is 6.61 Å². The average molecular weight is 281 g/mol. The maximum absolute atomic E-state index is 12.0. The molecule has 0 atom stereocenters. The first-order chi connectivity index (χ1) is 9.74. The van der Waals surface area contributed by atoms with Gasteiger partial charge in [0.2, 0.25) is 0 Å². The zero-order valence-electron chi connectivity index (χ0n) is 11.5. The summed E-state index contributed by atoms with van der Waals surface area (Å²) >= 11 is 0. The number of methoxy groups -OCH3 is 1. The van der Waals surface area contributed by atoms with Crippen molar-refractivity contribution in [3.05, 3.63) is 23.8 Å². The monoisotopic (exact) mass is 281 g/mol. The first-order valence-corrected chi connectivity index (χ1v) is 6.50. The van der Waals surface area contributed by atoms with Crippen molar-refractivity contribution >= 4 is 5.91 Å². The van der Waals surface area contributed by atoms with E-state index in [-0.39, 0.29) is 19.1 Å². The van der Waals surface area contributed by atoms with Gasteiger partial charge in [-0.25, -0.2) is 0 Å². The highest BCUT2D eigenvalue weighted by molar-refractivity contribution is 5.77. The molecule has 1 saturated heterocycles. The number of aliphatic hydroxyl groups is 1. The number of rotatable bonds is 5. The quantitative estimate of drug-likeness (QED) is 0.847. The molecule has 0 spiro atoms. The van der Waals surface area contributed by atoms with Gasteiger partial charge in [0, 0.05) is 24.7 Å². The Bertz CT molecular complexity index is 457. The lowest BCUT2D eigenvalue weighted by Crippen LogP contribution is -2.43. The third-order valence-electron chi connectivity index (χ3n) is 3.16. The second kappa shape index (κ2) is 7.12. The van der Waals surface area contributed by atoms with E-state index >= 15 is 0 Å². The van der Waals surface area contributed by atoms with Gasteiger partial charge in [-0.15, -0.1) is 0 Å². The summed E-state index contributed by atoms with van der Waals surface area (Å²) in [7, 11) is 1.55. The van der Waals surface area contributed by atoms with Crippen molar-refractivity contribution < 1.29 is 24.1 Å². The number of hydrogen-bond donors (Lipinski definition) is 1. The second-order valence-electron chi connectivity index (χ2n) is 4.41. The molecule has 0 aromatic heterocycles. The van der Waals surface area contributed by atoms with Crippen molar-refractivity contribution in [2.75, 3.05) is 40.0 Å². The normalized spacial score (nSPS) is 15.0. The number of ether oxygens (including phenoxy) is 3. The predicted molar refractivity (Wildman–Crippen MR) is 71.8 cm³/mol. The van der Waals surface area contributed by atoms with E-state index in [2.05, 4.69) is 0 Å². The maximum Gasteiger partial charge on any atom is 0.260 e. The molecule has 0 unspecified atom stereocenters. The molecule has 1 N–H and O–H groups in total. The molecule has 0 bridgehead atoms. The molecular weight excluding hydrogens is 262 g/mol. The standard InChI is InChI=1S/C14H19NO5/c1-18-12-3-2-11(9-16)13(8-12)20-10-14(17)15-4-6-19-7-5-15/h2-3,8,16H,4-7,9-10H2,1H3. The van der Waals surface area contributed by atoms with Gasteiger partial charge in [-0.3, -0.25) is 4.79 Å². The molecule has 0 radical (unpaired) electrons. The third-order valence-corrected chi connectivity index (χ3v) is 3.16.